The second-order valence-electron chi connectivity index (χ2n) is 4.30. The van der Waals surface area contributed by atoms with Gasteiger partial charge in [-0.15, -0.1) is 0 Å². The second-order valence-corrected chi connectivity index (χ2v) is 4.30. The van der Waals surface area contributed by atoms with Crippen molar-refractivity contribution in [2.75, 3.05) is 0 Å². The van der Waals surface area contributed by atoms with Crippen LogP contribution < -0.4 is 5.43 Å². The number of hydrogen-bond donors (Lipinski definition) is 1. The lowest BCUT2D eigenvalue weighted by Gasteiger charge is -1.99. The largest absolute Gasteiger partial charge is 0.271 e. The van der Waals surface area contributed by atoms with Gasteiger partial charge in [0, 0.05) is 5.56 Å². The maximum absolute atomic E-state index is 11.8. The van der Waals surface area contributed by atoms with Crippen molar-refractivity contribution in [3.63, 3.8) is 0 Å². The van der Waals surface area contributed by atoms with Crippen LogP contribution in [0.25, 0.3) is 6.08 Å². The summed E-state index contributed by atoms with van der Waals surface area (Å²) >= 11 is 0. The van der Waals surface area contributed by atoms with Gasteiger partial charge in [0.2, 0.25) is 0 Å². The summed E-state index contributed by atoms with van der Waals surface area (Å²) in [7, 11) is 0. The lowest BCUT2D eigenvalue weighted by molar-refractivity contribution is 0.0955. The topological polar surface area (TPSA) is 41.5 Å². The number of carbonyl (C=O) groups excluding carboxylic acids is 1. The van der Waals surface area contributed by atoms with Crippen LogP contribution in [-0.4, -0.2) is 11.6 Å². The molecule has 0 aliphatic carbocycles. The zero-order valence-corrected chi connectivity index (χ0v) is 11.3. The summed E-state index contributed by atoms with van der Waals surface area (Å²) in [6.45, 7) is 1.84. The van der Waals surface area contributed by atoms with Crippen LogP contribution in [0.4, 0.5) is 0 Å². The Bertz CT molecular complexity index is 616. The molecule has 3 nitrogen and oxygen atoms in total. The third-order valence-electron chi connectivity index (χ3n) is 2.69. The number of amides is 1. The third kappa shape index (κ3) is 4.21. The molecule has 1 amide bonds. The van der Waals surface area contributed by atoms with Gasteiger partial charge in [-0.2, -0.15) is 5.10 Å². The Labute approximate surface area is 118 Å². The predicted octanol–water partition coefficient (Wildman–Crippen LogP) is 3.51. The van der Waals surface area contributed by atoms with E-state index in [1.807, 2.05) is 67.6 Å². The van der Waals surface area contributed by atoms with Gasteiger partial charge in [-0.1, -0.05) is 54.6 Å². The third-order valence-corrected chi connectivity index (χ3v) is 2.69. The van der Waals surface area contributed by atoms with Crippen molar-refractivity contribution in [2.45, 2.75) is 6.92 Å². The van der Waals surface area contributed by atoms with Gasteiger partial charge >= 0.3 is 0 Å². The first-order valence-electron chi connectivity index (χ1n) is 6.38. The molecule has 0 heterocycles. The Morgan fingerprint density at radius 1 is 1.00 bits per heavy atom. The fourth-order valence-corrected chi connectivity index (χ4v) is 1.61. The van der Waals surface area contributed by atoms with E-state index >= 15 is 0 Å². The standard InChI is InChI=1S/C17H16N2O/c1-14(12-13-15-8-4-2-5-9-15)18-19-17(20)16-10-6-3-7-11-16/h2-13H,1H3,(H,19,20)/b13-12+,18-14+. The van der Waals surface area contributed by atoms with Crippen LogP contribution in [0.1, 0.15) is 22.8 Å². The molecule has 2 rings (SSSR count). The van der Waals surface area contributed by atoms with Crippen molar-refractivity contribution in [1.82, 2.24) is 5.43 Å². The van der Waals surface area contributed by atoms with Gasteiger partial charge in [0.15, 0.2) is 0 Å². The molecule has 0 radical (unpaired) electrons. The zero-order chi connectivity index (χ0) is 14.2. The molecule has 2 aromatic carbocycles. The first kappa shape index (κ1) is 13.7. The molecule has 3 heteroatoms. The van der Waals surface area contributed by atoms with E-state index in [1.165, 1.54) is 0 Å². The molecule has 0 unspecified atom stereocenters. The minimum Gasteiger partial charge on any atom is -0.267 e. The number of hydrazone groups is 1. The van der Waals surface area contributed by atoms with Crippen molar-refractivity contribution >= 4 is 17.7 Å². The van der Waals surface area contributed by atoms with Crippen molar-refractivity contribution in [1.29, 1.82) is 0 Å². The predicted molar refractivity (Wildman–Crippen MR) is 82.5 cm³/mol. The summed E-state index contributed by atoms with van der Waals surface area (Å²) in [5.74, 6) is -0.210. The van der Waals surface area contributed by atoms with E-state index in [2.05, 4.69) is 10.5 Å². The van der Waals surface area contributed by atoms with Gasteiger partial charge in [0.1, 0.15) is 0 Å². The van der Waals surface area contributed by atoms with Gasteiger partial charge in [-0.3, -0.25) is 4.79 Å². The van der Waals surface area contributed by atoms with Crippen molar-refractivity contribution < 1.29 is 4.79 Å². The number of benzene rings is 2. The Hall–Kier alpha value is -2.68. The van der Waals surface area contributed by atoms with Crippen molar-refractivity contribution in [3.8, 4) is 0 Å². The lowest BCUT2D eigenvalue weighted by atomic mass is 10.2. The molecule has 0 bridgehead atoms. The smallest absolute Gasteiger partial charge is 0.267 e. The number of nitrogens with one attached hydrogen (secondary N) is 1. The van der Waals surface area contributed by atoms with Gasteiger partial charge in [-0.05, 0) is 30.7 Å². The van der Waals surface area contributed by atoms with Gasteiger partial charge < -0.3 is 0 Å². The average molecular weight is 264 g/mol. The van der Waals surface area contributed by atoms with Crippen LogP contribution in [0.3, 0.4) is 0 Å². The lowest BCUT2D eigenvalue weighted by Crippen LogP contribution is -2.18. The molecular weight excluding hydrogens is 248 g/mol. The molecule has 20 heavy (non-hydrogen) atoms. The van der Waals surface area contributed by atoms with Gasteiger partial charge in [0.05, 0.1) is 5.71 Å². The number of carbonyl (C=O) groups is 1. The SMILES string of the molecule is CC(/C=C/c1ccccc1)=N\NC(=O)c1ccccc1. The van der Waals surface area contributed by atoms with Gasteiger partial charge in [-0.25, -0.2) is 5.43 Å². The molecule has 0 aromatic heterocycles. The number of allylic oxidation sites excluding steroid dienone is 1. The van der Waals surface area contributed by atoms with E-state index in [0.717, 1.165) is 11.3 Å². The highest BCUT2D eigenvalue weighted by Gasteiger charge is 2.01. The van der Waals surface area contributed by atoms with Crippen LogP contribution >= 0.6 is 0 Å². The zero-order valence-electron chi connectivity index (χ0n) is 11.3. The highest BCUT2D eigenvalue weighted by molar-refractivity contribution is 5.99. The molecule has 0 aliphatic heterocycles. The van der Waals surface area contributed by atoms with Crippen LogP contribution in [0.2, 0.25) is 0 Å². The summed E-state index contributed by atoms with van der Waals surface area (Å²) in [5, 5.41) is 4.05. The van der Waals surface area contributed by atoms with E-state index in [0.29, 0.717) is 5.56 Å². The maximum atomic E-state index is 11.8. The molecule has 0 fully saturated rings. The quantitative estimate of drug-likeness (QED) is 0.666. The number of hydrogen-bond acceptors (Lipinski definition) is 2. The van der Waals surface area contributed by atoms with Crippen molar-refractivity contribution in [3.05, 3.63) is 77.9 Å². The Morgan fingerprint density at radius 2 is 1.60 bits per heavy atom. The minimum atomic E-state index is -0.210. The first-order chi connectivity index (χ1) is 9.75. The van der Waals surface area contributed by atoms with E-state index in [4.69, 9.17) is 0 Å². The number of nitrogens with zero attached hydrogens (tertiary/aromatic N) is 1. The maximum Gasteiger partial charge on any atom is 0.271 e. The molecular formula is C17H16N2O. The number of rotatable bonds is 4. The van der Waals surface area contributed by atoms with E-state index in [-0.39, 0.29) is 5.91 Å². The molecule has 0 spiro atoms. The molecule has 0 aliphatic rings. The van der Waals surface area contributed by atoms with E-state index < -0.39 is 0 Å². The van der Waals surface area contributed by atoms with E-state index in [1.54, 1.807) is 12.1 Å². The highest BCUT2D eigenvalue weighted by atomic mass is 16.2. The molecule has 0 saturated heterocycles. The van der Waals surface area contributed by atoms with Crippen LogP contribution in [0, 0.1) is 0 Å². The molecule has 2 aromatic rings. The highest BCUT2D eigenvalue weighted by Crippen LogP contribution is 2.01. The molecule has 0 saturated carbocycles. The Balaban J connectivity index is 1.95. The first-order valence-corrected chi connectivity index (χ1v) is 6.38. The summed E-state index contributed by atoms with van der Waals surface area (Å²) in [4.78, 5) is 11.8. The normalized spacial score (nSPS) is 11.6. The fraction of sp³-hybridized carbons (Fsp3) is 0.0588. The summed E-state index contributed by atoms with van der Waals surface area (Å²) in [6.07, 6.45) is 3.81. The summed E-state index contributed by atoms with van der Waals surface area (Å²) in [5.41, 5.74) is 4.95. The van der Waals surface area contributed by atoms with Crippen molar-refractivity contribution in [2.24, 2.45) is 5.10 Å². The van der Waals surface area contributed by atoms with E-state index in [9.17, 15) is 4.79 Å². The van der Waals surface area contributed by atoms with Crippen LogP contribution in [0.5, 0.6) is 0 Å². The monoisotopic (exact) mass is 264 g/mol. The van der Waals surface area contributed by atoms with Crippen LogP contribution in [0.15, 0.2) is 71.8 Å². The van der Waals surface area contributed by atoms with Crippen LogP contribution in [-0.2, 0) is 0 Å². The second kappa shape index (κ2) is 7.04. The Morgan fingerprint density at radius 3 is 2.25 bits per heavy atom. The Kier molecular flexibility index (Phi) is 4.84. The summed E-state index contributed by atoms with van der Waals surface area (Å²) in [6, 6.07) is 18.9. The molecule has 1 N–H and O–H groups in total. The minimum absolute atomic E-state index is 0.210. The average Bonchev–Trinajstić information content (AvgIpc) is 2.52. The fourth-order valence-electron chi connectivity index (χ4n) is 1.61. The van der Waals surface area contributed by atoms with Gasteiger partial charge in [0.25, 0.3) is 5.91 Å². The summed E-state index contributed by atoms with van der Waals surface area (Å²) < 4.78 is 0. The molecule has 0 atom stereocenters. The molecule has 100 valence electrons.